The van der Waals surface area contributed by atoms with E-state index in [0.717, 1.165) is 12.8 Å². The number of aliphatic hydroxyl groups is 1. The molecule has 4 heteroatoms. The van der Waals surface area contributed by atoms with Crippen molar-refractivity contribution in [2.75, 3.05) is 13.2 Å². The number of nitrogens with two attached hydrogens (primary N) is 1. The van der Waals surface area contributed by atoms with Crippen LogP contribution in [0.5, 0.6) is 0 Å². The van der Waals surface area contributed by atoms with Crippen LogP contribution in [0.2, 0.25) is 0 Å². The highest BCUT2D eigenvalue weighted by atomic mass is 16.6. The van der Waals surface area contributed by atoms with Crippen molar-refractivity contribution in [1.29, 1.82) is 0 Å². The molecule has 1 unspecified atom stereocenters. The molecule has 0 amide bonds. The van der Waals surface area contributed by atoms with Crippen LogP contribution in [-0.4, -0.2) is 30.1 Å². The number of nitrogens with zero attached hydrogens (tertiary/aromatic N) is 1. The van der Waals surface area contributed by atoms with E-state index in [0.29, 0.717) is 6.54 Å². The quantitative estimate of drug-likeness (QED) is 0.597. The van der Waals surface area contributed by atoms with Gasteiger partial charge in [0.2, 0.25) is 0 Å². The Hall–Kier alpha value is -0.450. The van der Waals surface area contributed by atoms with Crippen LogP contribution in [0.25, 0.3) is 0 Å². The second-order valence-corrected chi connectivity index (χ2v) is 3.10. The SMILES string of the molecule is NOCC(O)CN=C1CCCC1. The number of hydrogen-bond acceptors (Lipinski definition) is 4. The zero-order valence-electron chi connectivity index (χ0n) is 7.20. The first-order valence-electron chi connectivity index (χ1n) is 4.35. The van der Waals surface area contributed by atoms with E-state index in [1.807, 2.05) is 0 Å². The summed E-state index contributed by atoms with van der Waals surface area (Å²) in [5.74, 6) is 4.80. The Morgan fingerprint density at radius 2 is 2.17 bits per heavy atom. The first kappa shape index (κ1) is 9.64. The summed E-state index contributed by atoms with van der Waals surface area (Å²) >= 11 is 0. The van der Waals surface area contributed by atoms with Gasteiger partial charge in [-0.25, -0.2) is 5.90 Å². The Balaban J connectivity index is 2.17. The van der Waals surface area contributed by atoms with Gasteiger partial charge in [0.1, 0.15) is 0 Å². The van der Waals surface area contributed by atoms with Gasteiger partial charge in [0.25, 0.3) is 0 Å². The average Bonchev–Trinajstić information content (AvgIpc) is 2.53. The molecule has 0 saturated heterocycles. The van der Waals surface area contributed by atoms with Crippen LogP contribution in [0.3, 0.4) is 0 Å². The zero-order valence-corrected chi connectivity index (χ0v) is 7.20. The molecule has 1 atom stereocenters. The summed E-state index contributed by atoms with van der Waals surface area (Å²) in [4.78, 5) is 8.57. The predicted octanol–water partition coefficient (Wildman–Crippen LogP) is 0.253. The minimum atomic E-state index is -0.553. The molecule has 0 heterocycles. The zero-order chi connectivity index (χ0) is 8.81. The van der Waals surface area contributed by atoms with Gasteiger partial charge in [0.05, 0.1) is 19.3 Å². The maximum absolute atomic E-state index is 9.20. The summed E-state index contributed by atoms with van der Waals surface area (Å²) in [5, 5.41) is 9.20. The van der Waals surface area contributed by atoms with E-state index in [2.05, 4.69) is 9.83 Å². The van der Waals surface area contributed by atoms with Gasteiger partial charge < -0.3 is 9.94 Å². The van der Waals surface area contributed by atoms with Crippen molar-refractivity contribution in [2.24, 2.45) is 10.9 Å². The highest BCUT2D eigenvalue weighted by molar-refractivity contribution is 5.86. The van der Waals surface area contributed by atoms with E-state index in [-0.39, 0.29) is 6.61 Å². The molecule has 12 heavy (non-hydrogen) atoms. The summed E-state index contributed by atoms with van der Waals surface area (Å²) < 4.78 is 0. The van der Waals surface area contributed by atoms with E-state index in [4.69, 9.17) is 5.90 Å². The smallest absolute Gasteiger partial charge is 0.0988 e. The van der Waals surface area contributed by atoms with Crippen molar-refractivity contribution in [3.63, 3.8) is 0 Å². The van der Waals surface area contributed by atoms with Crippen molar-refractivity contribution in [3.8, 4) is 0 Å². The summed E-state index contributed by atoms with van der Waals surface area (Å²) in [5.41, 5.74) is 1.23. The lowest BCUT2D eigenvalue weighted by molar-refractivity contribution is 0.0415. The summed E-state index contributed by atoms with van der Waals surface area (Å²) in [6.07, 6.45) is 4.11. The van der Waals surface area contributed by atoms with E-state index in [1.165, 1.54) is 18.6 Å². The van der Waals surface area contributed by atoms with Crippen LogP contribution >= 0.6 is 0 Å². The molecule has 0 aliphatic heterocycles. The lowest BCUT2D eigenvalue weighted by Crippen LogP contribution is -2.21. The van der Waals surface area contributed by atoms with Crippen molar-refractivity contribution in [1.82, 2.24) is 0 Å². The van der Waals surface area contributed by atoms with Crippen LogP contribution in [0.1, 0.15) is 25.7 Å². The molecule has 1 fully saturated rings. The van der Waals surface area contributed by atoms with Crippen LogP contribution in [0.15, 0.2) is 4.99 Å². The molecule has 1 saturated carbocycles. The fourth-order valence-electron chi connectivity index (χ4n) is 1.34. The topological polar surface area (TPSA) is 67.8 Å². The highest BCUT2D eigenvalue weighted by Gasteiger charge is 2.08. The third-order valence-corrected chi connectivity index (χ3v) is 1.99. The van der Waals surface area contributed by atoms with E-state index >= 15 is 0 Å². The molecule has 0 bridgehead atoms. The van der Waals surface area contributed by atoms with Gasteiger partial charge in [-0.1, -0.05) is 0 Å². The van der Waals surface area contributed by atoms with Crippen LogP contribution < -0.4 is 5.90 Å². The summed E-state index contributed by atoms with van der Waals surface area (Å²) in [7, 11) is 0. The number of hydrogen-bond donors (Lipinski definition) is 2. The van der Waals surface area contributed by atoms with Crippen molar-refractivity contribution >= 4 is 5.71 Å². The van der Waals surface area contributed by atoms with Gasteiger partial charge in [0.15, 0.2) is 0 Å². The molecule has 1 aliphatic rings. The molecular weight excluding hydrogens is 156 g/mol. The third-order valence-electron chi connectivity index (χ3n) is 1.99. The predicted molar refractivity (Wildman–Crippen MR) is 46.9 cm³/mol. The number of aliphatic imine (C=N–C) groups is 1. The van der Waals surface area contributed by atoms with Gasteiger partial charge in [-0.05, 0) is 25.7 Å². The van der Waals surface area contributed by atoms with Crippen LogP contribution in [0.4, 0.5) is 0 Å². The fourth-order valence-corrected chi connectivity index (χ4v) is 1.34. The minimum Gasteiger partial charge on any atom is -0.389 e. The molecule has 70 valence electrons. The van der Waals surface area contributed by atoms with Gasteiger partial charge in [-0.2, -0.15) is 0 Å². The second-order valence-electron chi connectivity index (χ2n) is 3.10. The maximum Gasteiger partial charge on any atom is 0.0988 e. The Morgan fingerprint density at radius 3 is 2.75 bits per heavy atom. The largest absolute Gasteiger partial charge is 0.389 e. The summed E-state index contributed by atoms with van der Waals surface area (Å²) in [6, 6.07) is 0. The number of rotatable bonds is 4. The number of aliphatic hydroxyl groups excluding tert-OH is 1. The Morgan fingerprint density at radius 1 is 1.50 bits per heavy atom. The first-order chi connectivity index (χ1) is 5.83. The minimum absolute atomic E-state index is 0.163. The lowest BCUT2D eigenvalue weighted by Gasteiger charge is -2.05. The van der Waals surface area contributed by atoms with Crippen molar-refractivity contribution < 1.29 is 9.94 Å². The van der Waals surface area contributed by atoms with Crippen molar-refractivity contribution in [3.05, 3.63) is 0 Å². The second kappa shape index (κ2) is 5.24. The molecule has 3 N–H and O–H groups in total. The molecule has 0 aromatic carbocycles. The van der Waals surface area contributed by atoms with Crippen molar-refractivity contribution in [2.45, 2.75) is 31.8 Å². The normalized spacial score (nSPS) is 19.7. The van der Waals surface area contributed by atoms with E-state index in [9.17, 15) is 5.11 Å². The monoisotopic (exact) mass is 172 g/mol. The van der Waals surface area contributed by atoms with E-state index in [1.54, 1.807) is 0 Å². The molecule has 4 nitrogen and oxygen atoms in total. The van der Waals surface area contributed by atoms with E-state index < -0.39 is 6.10 Å². The molecule has 0 spiro atoms. The van der Waals surface area contributed by atoms with Gasteiger partial charge in [-0.3, -0.25) is 4.99 Å². The third kappa shape index (κ3) is 3.30. The molecule has 1 rings (SSSR count). The standard InChI is InChI=1S/C8H16N2O2/c9-12-6-8(11)5-10-7-3-1-2-4-7/h8,11H,1-6,9H2. The highest BCUT2D eigenvalue weighted by Crippen LogP contribution is 2.14. The first-order valence-corrected chi connectivity index (χ1v) is 4.35. The van der Waals surface area contributed by atoms with Crippen LogP contribution in [-0.2, 0) is 4.84 Å². The summed E-state index contributed by atoms with van der Waals surface area (Å²) in [6.45, 7) is 0.587. The molecule has 0 aromatic heterocycles. The Kier molecular flexibility index (Phi) is 4.21. The van der Waals surface area contributed by atoms with Crippen LogP contribution in [0, 0.1) is 0 Å². The lowest BCUT2D eigenvalue weighted by atomic mass is 10.3. The molecular formula is C8H16N2O2. The van der Waals surface area contributed by atoms with Gasteiger partial charge in [-0.15, -0.1) is 0 Å². The Bertz CT molecular complexity index is 151. The fraction of sp³-hybridized carbons (Fsp3) is 0.875. The van der Waals surface area contributed by atoms with Gasteiger partial charge >= 0.3 is 0 Å². The molecule has 1 aliphatic carbocycles. The average molecular weight is 172 g/mol. The molecule has 0 radical (unpaired) electrons. The maximum atomic E-state index is 9.20. The molecule has 0 aromatic rings. The van der Waals surface area contributed by atoms with Gasteiger partial charge in [0, 0.05) is 5.71 Å². The Labute approximate surface area is 72.4 Å².